The number of hydrogen-bond acceptors (Lipinski definition) is 5. The Kier molecular flexibility index (Phi) is 3.70. The molecule has 1 aliphatic heterocycles. The molecule has 0 unspecified atom stereocenters. The van der Waals surface area contributed by atoms with Crippen LogP contribution in [0, 0.1) is 0 Å². The van der Waals surface area contributed by atoms with Gasteiger partial charge in [0.25, 0.3) is 0 Å². The lowest BCUT2D eigenvalue weighted by Crippen LogP contribution is -2.50. The molecule has 8 heteroatoms. The fourth-order valence-electron chi connectivity index (χ4n) is 2.79. The van der Waals surface area contributed by atoms with Gasteiger partial charge in [-0.2, -0.15) is 5.10 Å². The lowest BCUT2D eigenvalue weighted by Gasteiger charge is -2.34. The number of rotatable bonds is 2. The fourth-order valence-corrected chi connectivity index (χ4v) is 2.79. The maximum absolute atomic E-state index is 12.4. The first kappa shape index (κ1) is 14.4. The van der Waals surface area contributed by atoms with Crippen molar-refractivity contribution in [2.24, 2.45) is 0 Å². The molecule has 1 fully saturated rings. The van der Waals surface area contributed by atoms with Crippen molar-refractivity contribution in [2.45, 2.75) is 0 Å². The highest BCUT2D eigenvalue weighted by molar-refractivity contribution is 5.92. The first-order chi connectivity index (χ1) is 11.8. The van der Waals surface area contributed by atoms with Gasteiger partial charge in [0, 0.05) is 49.6 Å². The minimum absolute atomic E-state index is 0.0912. The molecule has 24 heavy (non-hydrogen) atoms. The van der Waals surface area contributed by atoms with Crippen molar-refractivity contribution in [1.29, 1.82) is 0 Å². The fraction of sp³-hybridized carbons (Fsp3) is 0.250. The van der Waals surface area contributed by atoms with E-state index < -0.39 is 0 Å². The molecular weight excluding hydrogens is 306 g/mol. The van der Waals surface area contributed by atoms with Crippen LogP contribution in [0.1, 0.15) is 0 Å². The molecule has 0 spiro atoms. The number of carbonyl (C=O) groups is 1. The number of hydrogen-bond donors (Lipinski definition) is 2. The lowest BCUT2D eigenvalue weighted by molar-refractivity contribution is 0.208. The Balaban J connectivity index is 1.37. The van der Waals surface area contributed by atoms with E-state index in [-0.39, 0.29) is 6.03 Å². The second-order valence-corrected chi connectivity index (χ2v) is 5.63. The first-order valence-electron chi connectivity index (χ1n) is 7.81. The van der Waals surface area contributed by atoms with Crippen molar-refractivity contribution in [2.75, 3.05) is 36.4 Å². The van der Waals surface area contributed by atoms with Crippen LogP contribution in [0.25, 0.3) is 10.9 Å². The van der Waals surface area contributed by atoms with Gasteiger partial charge in [-0.05, 0) is 24.3 Å². The number of aromatic nitrogens is 4. The number of fused-ring (bicyclic) bond motifs is 1. The zero-order valence-corrected chi connectivity index (χ0v) is 13.0. The maximum atomic E-state index is 12.4. The van der Waals surface area contributed by atoms with Gasteiger partial charge in [-0.1, -0.05) is 0 Å². The van der Waals surface area contributed by atoms with E-state index >= 15 is 0 Å². The van der Waals surface area contributed by atoms with Crippen LogP contribution in [0.5, 0.6) is 0 Å². The molecule has 1 aliphatic rings. The monoisotopic (exact) mass is 323 g/mol. The van der Waals surface area contributed by atoms with Crippen LogP contribution in [-0.4, -0.2) is 57.3 Å². The van der Waals surface area contributed by atoms with Crippen molar-refractivity contribution in [1.82, 2.24) is 25.1 Å². The van der Waals surface area contributed by atoms with Crippen molar-refractivity contribution in [3.63, 3.8) is 0 Å². The summed E-state index contributed by atoms with van der Waals surface area (Å²) in [6, 6.07) is 7.38. The Morgan fingerprint density at radius 2 is 1.92 bits per heavy atom. The number of H-pyrrole nitrogens is 1. The molecule has 1 saturated heterocycles. The molecule has 0 aliphatic carbocycles. The van der Waals surface area contributed by atoms with Crippen LogP contribution in [0.4, 0.5) is 16.4 Å². The van der Waals surface area contributed by atoms with Gasteiger partial charge >= 0.3 is 6.03 Å². The van der Waals surface area contributed by atoms with E-state index in [9.17, 15) is 4.79 Å². The van der Waals surface area contributed by atoms with Crippen LogP contribution in [0.2, 0.25) is 0 Å². The van der Waals surface area contributed by atoms with Gasteiger partial charge in [0.15, 0.2) is 0 Å². The van der Waals surface area contributed by atoms with E-state index in [0.29, 0.717) is 19.0 Å². The summed E-state index contributed by atoms with van der Waals surface area (Å²) in [6.45, 7) is 2.71. The van der Waals surface area contributed by atoms with Crippen molar-refractivity contribution < 1.29 is 4.79 Å². The van der Waals surface area contributed by atoms with E-state index in [2.05, 4.69) is 30.4 Å². The predicted octanol–water partition coefficient (Wildman–Crippen LogP) is 1.71. The number of carbonyl (C=O) groups excluding carboxylic acids is 1. The van der Waals surface area contributed by atoms with Gasteiger partial charge in [-0.3, -0.25) is 5.10 Å². The standard InChI is InChI=1S/C16H17N7O/c24-16(20-13-2-3-14-12(10-13)11-19-21-14)23-8-6-22(7-9-23)15-17-4-1-5-18-15/h1-5,10-11H,6-9H2,(H,19,21)(H,20,24). The van der Waals surface area contributed by atoms with Gasteiger partial charge in [0.1, 0.15) is 0 Å². The molecule has 4 rings (SSSR count). The SMILES string of the molecule is O=C(Nc1ccc2[nH]ncc2c1)N1CCN(c2ncccn2)CC1. The van der Waals surface area contributed by atoms with Crippen molar-refractivity contribution >= 4 is 28.6 Å². The lowest BCUT2D eigenvalue weighted by atomic mass is 10.2. The third-order valence-corrected chi connectivity index (χ3v) is 4.09. The second-order valence-electron chi connectivity index (χ2n) is 5.63. The highest BCUT2D eigenvalue weighted by Crippen LogP contribution is 2.17. The Morgan fingerprint density at radius 3 is 2.71 bits per heavy atom. The van der Waals surface area contributed by atoms with Crippen LogP contribution in [0.15, 0.2) is 42.9 Å². The Bertz CT molecular complexity index is 840. The molecule has 2 N–H and O–H groups in total. The van der Waals surface area contributed by atoms with Crippen LogP contribution in [-0.2, 0) is 0 Å². The number of aromatic amines is 1. The third-order valence-electron chi connectivity index (χ3n) is 4.09. The normalized spacial score (nSPS) is 14.8. The minimum atomic E-state index is -0.0912. The first-order valence-corrected chi connectivity index (χ1v) is 7.81. The maximum Gasteiger partial charge on any atom is 0.321 e. The molecule has 2 amide bonds. The van der Waals surface area contributed by atoms with E-state index in [1.807, 2.05) is 18.2 Å². The molecule has 3 aromatic rings. The molecule has 0 atom stereocenters. The summed E-state index contributed by atoms with van der Waals surface area (Å²) >= 11 is 0. The smallest absolute Gasteiger partial charge is 0.321 e. The largest absolute Gasteiger partial charge is 0.337 e. The van der Waals surface area contributed by atoms with Crippen molar-refractivity contribution in [3.8, 4) is 0 Å². The number of benzene rings is 1. The number of urea groups is 1. The quantitative estimate of drug-likeness (QED) is 0.749. The summed E-state index contributed by atoms with van der Waals surface area (Å²) in [5.74, 6) is 0.711. The number of anilines is 2. The summed E-state index contributed by atoms with van der Waals surface area (Å²) in [5, 5.41) is 10.8. The predicted molar refractivity (Wildman–Crippen MR) is 90.9 cm³/mol. The molecule has 2 aromatic heterocycles. The van der Waals surface area contributed by atoms with Crippen LogP contribution >= 0.6 is 0 Å². The van der Waals surface area contributed by atoms with E-state index in [4.69, 9.17) is 0 Å². The summed E-state index contributed by atoms with van der Waals surface area (Å²) in [6.07, 6.45) is 5.20. The summed E-state index contributed by atoms with van der Waals surface area (Å²) in [5.41, 5.74) is 1.71. The van der Waals surface area contributed by atoms with Gasteiger partial charge in [-0.15, -0.1) is 0 Å². The second kappa shape index (κ2) is 6.15. The molecule has 0 saturated carbocycles. The molecule has 0 bridgehead atoms. The summed E-state index contributed by atoms with van der Waals surface area (Å²) < 4.78 is 0. The van der Waals surface area contributed by atoms with Gasteiger partial charge in [-0.25, -0.2) is 14.8 Å². The van der Waals surface area contributed by atoms with Crippen LogP contribution < -0.4 is 10.2 Å². The molecule has 1 aromatic carbocycles. The number of piperazine rings is 1. The number of nitrogens with one attached hydrogen (secondary N) is 2. The zero-order chi connectivity index (χ0) is 16.4. The average Bonchev–Trinajstić information content (AvgIpc) is 3.10. The van der Waals surface area contributed by atoms with E-state index in [1.165, 1.54) is 0 Å². The molecule has 3 heterocycles. The highest BCUT2D eigenvalue weighted by atomic mass is 16.2. The van der Waals surface area contributed by atoms with Crippen LogP contribution in [0.3, 0.4) is 0 Å². The molecule has 0 radical (unpaired) electrons. The van der Waals surface area contributed by atoms with Gasteiger partial charge < -0.3 is 15.1 Å². The summed E-state index contributed by atoms with van der Waals surface area (Å²) in [4.78, 5) is 24.8. The Hall–Kier alpha value is -3.16. The Labute approximate surface area is 138 Å². The van der Waals surface area contributed by atoms with Gasteiger partial charge in [0.05, 0.1) is 11.7 Å². The molecule has 8 nitrogen and oxygen atoms in total. The summed E-state index contributed by atoms with van der Waals surface area (Å²) in [7, 11) is 0. The van der Waals surface area contributed by atoms with E-state index in [0.717, 1.165) is 29.7 Å². The number of nitrogens with zero attached hydrogens (tertiary/aromatic N) is 5. The van der Waals surface area contributed by atoms with E-state index in [1.54, 1.807) is 29.6 Å². The molecular formula is C16H17N7O. The number of amides is 2. The van der Waals surface area contributed by atoms with Crippen molar-refractivity contribution in [3.05, 3.63) is 42.9 Å². The Morgan fingerprint density at radius 1 is 1.12 bits per heavy atom. The third kappa shape index (κ3) is 2.85. The highest BCUT2D eigenvalue weighted by Gasteiger charge is 2.22. The van der Waals surface area contributed by atoms with Gasteiger partial charge in [0.2, 0.25) is 5.95 Å². The molecule has 122 valence electrons. The average molecular weight is 323 g/mol. The minimum Gasteiger partial charge on any atom is -0.337 e. The zero-order valence-electron chi connectivity index (χ0n) is 13.0. The topological polar surface area (TPSA) is 90.0 Å².